The van der Waals surface area contributed by atoms with Gasteiger partial charge in [-0.05, 0) is 61.9 Å². The highest BCUT2D eigenvalue weighted by Crippen LogP contribution is 2.30. The van der Waals surface area contributed by atoms with Crippen LogP contribution in [-0.2, 0) is 5.75 Å². The number of hydrogen-bond donors (Lipinski definition) is 1. The molecule has 0 radical (unpaired) electrons. The highest BCUT2D eigenvalue weighted by atomic mass is 32.2. The maximum Gasteiger partial charge on any atom is 0.0187 e. The van der Waals surface area contributed by atoms with Crippen molar-refractivity contribution in [3.8, 4) is 0 Å². The Hall–Kier alpha value is -0.470. The van der Waals surface area contributed by atoms with Gasteiger partial charge in [0.05, 0.1) is 0 Å². The Kier molecular flexibility index (Phi) is 6.95. The molecule has 1 saturated carbocycles. The lowest BCUT2D eigenvalue weighted by atomic mass is 10.0. The molecule has 2 unspecified atom stereocenters. The average molecular weight is 292 g/mol. The molecule has 20 heavy (non-hydrogen) atoms. The molecule has 1 N–H and O–H groups in total. The van der Waals surface area contributed by atoms with Crippen molar-refractivity contribution in [3.05, 3.63) is 35.4 Å². The number of nitrogens with one attached hydrogen (secondary N) is 1. The first-order valence-electron chi connectivity index (χ1n) is 8.17. The van der Waals surface area contributed by atoms with Crippen molar-refractivity contribution in [2.45, 2.75) is 57.7 Å². The second-order valence-electron chi connectivity index (χ2n) is 6.02. The predicted molar refractivity (Wildman–Crippen MR) is 91.4 cm³/mol. The van der Waals surface area contributed by atoms with Gasteiger partial charge in [-0.2, -0.15) is 11.8 Å². The molecule has 2 atom stereocenters. The van der Waals surface area contributed by atoms with Crippen LogP contribution in [0.1, 0.15) is 50.2 Å². The summed E-state index contributed by atoms with van der Waals surface area (Å²) in [5.74, 6) is 3.40. The molecular formula is C18H29NS. The lowest BCUT2D eigenvalue weighted by Crippen LogP contribution is -2.33. The van der Waals surface area contributed by atoms with E-state index in [0.717, 1.165) is 12.0 Å². The molecule has 0 heterocycles. The first-order valence-corrected chi connectivity index (χ1v) is 9.32. The Morgan fingerprint density at radius 2 is 2.10 bits per heavy atom. The second kappa shape index (κ2) is 8.74. The average Bonchev–Trinajstić information content (AvgIpc) is 2.90. The van der Waals surface area contributed by atoms with E-state index in [9.17, 15) is 0 Å². The normalized spacial score (nSPS) is 22.3. The number of benzene rings is 1. The van der Waals surface area contributed by atoms with Gasteiger partial charge in [0.25, 0.3) is 0 Å². The number of aryl methyl sites for hydroxylation is 1. The zero-order valence-corrected chi connectivity index (χ0v) is 13.8. The summed E-state index contributed by atoms with van der Waals surface area (Å²) >= 11 is 2.11. The first-order chi connectivity index (χ1) is 9.81. The third kappa shape index (κ3) is 4.82. The molecule has 0 spiro atoms. The third-order valence-corrected chi connectivity index (χ3v) is 5.51. The summed E-state index contributed by atoms with van der Waals surface area (Å²) in [6.45, 7) is 5.67. The Morgan fingerprint density at radius 3 is 2.90 bits per heavy atom. The standard InChI is InChI=1S/C18H29NS/c1-3-12-19-18-10-6-9-16(18)11-13-20-14-17-8-5-4-7-15(17)2/h4-5,7-8,16,18-19H,3,6,9-14H2,1-2H3. The molecule has 0 bridgehead atoms. The van der Waals surface area contributed by atoms with E-state index >= 15 is 0 Å². The molecular weight excluding hydrogens is 262 g/mol. The van der Waals surface area contributed by atoms with Gasteiger partial charge in [-0.15, -0.1) is 0 Å². The molecule has 2 heteroatoms. The van der Waals surface area contributed by atoms with Gasteiger partial charge in [0.1, 0.15) is 0 Å². The molecule has 1 aromatic carbocycles. The topological polar surface area (TPSA) is 12.0 Å². The summed E-state index contributed by atoms with van der Waals surface area (Å²) in [6, 6.07) is 9.58. The molecule has 0 saturated heterocycles. The van der Waals surface area contributed by atoms with Crippen molar-refractivity contribution in [1.29, 1.82) is 0 Å². The van der Waals surface area contributed by atoms with E-state index in [4.69, 9.17) is 0 Å². The van der Waals surface area contributed by atoms with Gasteiger partial charge in [0, 0.05) is 11.8 Å². The van der Waals surface area contributed by atoms with E-state index in [1.807, 2.05) is 0 Å². The Bertz CT molecular complexity index is 391. The minimum atomic E-state index is 0.800. The molecule has 1 fully saturated rings. The Morgan fingerprint density at radius 1 is 1.25 bits per heavy atom. The van der Waals surface area contributed by atoms with Gasteiger partial charge in [0.2, 0.25) is 0 Å². The van der Waals surface area contributed by atoms with Crippen LogP contribution in [0.5, 0.6) is 0 Å². The van der Waals surface area contributed by atoms with Gasteiger partial charge in [-0.25, -0.2) is 0 Å². The van der Waals surface area contributed by atoms with E-state index in [-0.39, 0.29) is 0 Å². The van der Waals surface area contributed by atoms with Crippen molar-refractivity contribution in [2.24, 2.45) is 5.92 Å². The van der Waals surface area contributed by atoms with Gasteiger partial charge < -0.3 is 5.32 Å². The predicted octanol–water partition coefficient (Wildman–Crippen LogP) is 4.79. The Balaban J connectivity index is 1.66. The zero-order valence-electron chi connectivity index (χ0n) is 13.0. The van der Waals surface area contributed by atoms with Crippen LogP contribution in [0.4, 0.5) is 0 Å². The van der Waals surface area contributed by atoms with E-state index in [2.05, 4.69) is 55.2 Å². The summed E-state index contributed by atoms with van der Waals surface area (Å²) in [6.07, 6.45) is 6.90. The highest BCUT2D eigenvalue weighted by molar-refractivity contribution is 7.98. The van der Waals surface area contributed by atoms with Crippen molar-refractivity contribution in [1.82, 2.24) is 5.32 Å². The van der Waals surface area contributed by atoms with Gasteiger partial charge >= 0.3 is 0 Å². The molecule has 112 valence electrons. The maximum atomic E-state index is 3.74. The summed E-state index contributed by atoms with van der Waals surface area (Å²) in [7, 11) is 0. The van der Waals surface area contributed by atoms with Crippen molar-refractivity contribution < 1.29 is 0 Å². The quantitative estimate of drug-likeness (QED) is 0.691. The van der Waals surface area contributed by atoms with Gasteiger partial charge in [-0.3, -0.25) is 0 Å². The van der Waals surface area contributed by atoms with Crippen molar-refractivity contribution in [3.63, 3.8) is 0 Å². The molecule has 0 amide bonds. The van der Waals surface area contributed by atoms with Crippen LogP contribution in [0.15, 0.2) is 24.3 Å². The monoisotopic (exact) mass is 291 g/mol. The van der Waals surface area contributed by atoms with Crippen LogP contribution in [0.2, 0.25) is 0 Å². The molecule has 1 aliphatic rings. The van der Waals surface area contributed by atoms with Gasteiger partial charge in [0.15, 0.2) is 0 Å². The zero-order chi connectivity index (χ0) is 14.2. The van der Waals surface area contributed by atoms with Crippen LogP contribution in [-0.4, -0.2) is 18.3 Å². The van der Waals surface area contributed by atoms with Gasteiger partial charge in [-0.1, -0.05) is 37.6 Å². The SMILES string of the molecule is CCCNC1CCCC1CCSCc1ccccc1C. The fraction of sp³-hybridized carbons (Fsp3) is 0.667. The minimum absolute atomic E-state index is 0.800. The smallest absolute Gasteiger partial charge is 0.0187 e. The largest absolute Gasteiger partial charge is 0.314 e. The number of thioether (sulfide) groups is 1. The van der Waals surface area contributed by atoms with E-state index in [0.29, 0.717) is 0 Å². The highest BCUT2D eigenvalue weighted by Gasteiger charge is 2.25. The summed E-state index contributed by atoms with van der Waals surface area (Å²) in [5, 5.41) is 3.74. The second-order valence-corrected chi connectivity index (χ2v) is 7.12. The molecule has 1 aromatic rings. The lowest BCUT2D eigenvalue weighted by molar-refractivity contribution is 0.393. The van der Waals surface area contributed by atoms with Crippen LogP contribution in [0.25, 0.3) is 0 Å². The number of rotatable bonds is 8. The first kappa shape index (κ1) is 15.9. The summed E-state index contributed by atoms with van der Waals surface area (Å²) in [5.41, 5.74) is 2.94. The third-order valence-electron chi connectivity index (χ3n) is 4.47. The van der Waals surface area contributed by atoms with Crippen LogP contribution in [0.3, 0.4) is 0 Å². The van der Waals surface area contributed by atoms with Crippen molar-refractivity contribution >= 4 is 11.8 Å². The van der Waals surface area contributed by atoms with Crippen LogP contribution in [0, 0.1) is 12.8 Å². The molecule has 1 aliphatic carbocycles. The molecule has 0 aliphatic heterocycles. The molecule has 2 rings (SSSR count). The summed E-state index contributed by atoms with van der Waals surface area (Å²) in [4.78, 5) is 0. The molecule has 0 aromatic heterocycles. The fourth-order valence-electron chi connectivity index (χ4n) is 3.17. The van der Waals surface area contributed by atoms with E-state index < -0.39 is 0 Å². The lowest BCUT2D eigenvalue weighted by Gasteiger charge is -2.20. The van der Waals surface area contributed by atoms with E-state index in [1.54, 1.807) is 0 Å². The van der Waals surface area contributed by atoms with Crippen LogP contribution < -0.4 is 5.32 Å². The number of hydrogen-bond acceptors (Lipinski definition) is 2. The van der Waals surface area contributed by atoms with Crippen molar-refractivity contribution in [2.75, 3.05) is 12.3 Å². The Labute approximate surface area is 128 Å². The molecule has 1 nitrogen and oxygen atoms in total. The maximum absolute atomic E-state index is 3.74. The minimum Gasteiger partial charge on any atom is -0.314 e. The van der Waals surface area contributed by atoms with E-state index in [1.165, 1.54) is 61.3 Å². The van der Waals surface area contributed by atoms with Crippen LogP contribution >= 0.6 is 11.8 Å². The summed E-state index contributed by atoms with van der Waals surface area (Å²) < 4.78 is 0. The fourth-order valence-corrected chi connectivity index (χ4v) is 4.33.